The summed E-state index contributed by atoms with van der Waals surface area (Å²) < 4.78 is 17.8. The van der Waals surface area contributed by atoms with Gasteiger partial charge >= 0.3 is 8.56 Å². The van der Waals surface area contributed by atoms with Crippen molar-refractivity contribution >= 4 is 8.56 Å². The highest BCUT2D eigenvalue weighted by atomic mass is 28.4. The van der Waals surface area contributed by atoms with Crippen molar-refractivity contribution in [3.8, 4) is 0 Å². The molecule has 0 radical (unpaired) electrons. The third kappa shape index (κ3) is 5.54. The molecular formula is C15H32O3Si. The van der Waals surface area contributed by atoms with Crippen molar-refractivity contribution in [1.82, 2.24) is 0 Å². The lowest BCUT2D eigenvalue weighted by Crippen LogP contribution is -2.46. The van der Waals surface area contributed by atoms with Gasteiger partial charge in [-0.2, -0.15) is 0 Å². The molecule has 114 valence electrons. The second-order valence-electron chi connectivity index (χ2n) is 6.75. The van der Waals surface area contributed by atoms with Crippen LogP contribution >= 0.6 is 0 Å². The van der Waals surface area contributed by atoms with Crippen LogP contribution in [0.15, 0.2) is 0 Å². The van der Waals surface area contributed by atoms with Crippen molar-refractivity contribution in [3.63, 3.8) is 0 Å². The zero-order valence-corrected chi connectivity index (χ0v) is 14.6. The Hall–Kier alpha value is 0.0969. The van der Waals surface area contributed by atoms with E-state index >= 15 is 0 Å². The molecule has 19 heavy (non-hydrogen) atoms. The van der Waals surface area contributed by atoms with Crippen LogP contribution in [0.3, 0.4) is 0 Å². The van der Waals surface area contributed by atoms with E-state index in [-0.39, 0.29) is 12.2 Å². The maximum absolute atomic E-state index is 6.25. The Balaban J connectivity index is 2.51. The summed E-state index contributed by atoms with van der Waals surface area (Å²) in [7, 11) is -2.02. The lowest BCUT2D eigenvalue weighted by atomic mass is 9.84. The van der Waals surface area contributed by atoms with Gasteiger partial charge in [0.05, 0.1) is 13.2 Å². The molecule has 0 bridgehead atoms. The van der Waals surface area contributed by atoms with E-state index in [1.165, 1.54) is 12.8 Å². The quantitative estimate of drug-likeness (QED) is 0.597. The summed E-state index contributed by atoms with van der Waals surface area (Å²) in [4.78, 5) is 0. The van der Waals surface area contributed by atoms with Gasteiger partial charge in [-0.3, -0.25) is 0 Å². The van der Waals surface area contributed by atoms with Crippen molar-refractivity contribution < 1.29 is 13.6 Å². The van der Waals surface area contributed by atoms with Crippen LogP contribution in [0, 0.1) is 5.41 Å². The molecule has 0 spiro atoms. The molecule has 1 heterocycles. The molecule has 1 fully saturated rings. The second kappa shape index (κ2) is 7.20. The van der Waals surface area contributed by atoms with Crippen LogP contribution in [0.4, 0.5) is 0 Å². The molecule has 0 aromatic rings. The van der Waals surface area contributed by atoms with Gasteiger partial charge in [-0.1, -0.05) is 20.3 Å². The monoisotopic (exact) mass is 288 g/mol. The Morgan fingerprint density at radius 2 is 1.63 bits per heavy atom. The molecule has 0 aromatic heterocycles. The Kier molecular flexibility index (Phi) is 6.50. The van der Waals surface area contributed by atoms with Crippen LogP contribution in [0.1, 0.15) is 54.4 Å². The first-order chi connectivity index (χ1) is 8.81. The summed E-state index contributed by atoms with van der Waals surface area (Å²) in [6, 6.07) is 2.14. The Labute approximate surface area is 120 Å². The van der Waals surface area contributed by atoms with Gasteiger partial charge in [-0.15, -0.1) is 0 Å². The highest BCUT2D eigenvalue weighted by molar-refractivity contribution is 6.67. The van der Waals surface area contributed by atoms with Gasteiger partial charge in [0.15, 0.2) is 0 Å². The number of hydrogen-bond donors (Lipinski definition) is 0. The lowest BCUT2D eigenvalue weighted by Gasteiger charge is -2.39. The fraction of sp³-hybridized carbons (Fsp3) is 1.00. The zero-order valence-electron chi connectivity index (χ0n) is 13.6. The SMILES string of the molecule is CC[Si](CCCC1(C)COC1)(OC(C)C)OC(C)C. The summed E-state index contributed by atoms with van der Waals surface area (Å²) in [6.07, 6.45) is 2.94. The first-order valence-corrected chi connectivity index (χ1v) is 9.97. The Morgan fingerprint density at radius 3 is 1.95 bits per heavy atom. The second-order valence-corrected chi connectivity index (χ2v) is 10.3. The smallest absolute Gasteiger partial charge is 0.338 e. The maximum atomic E-state index is 6.25. The fourth-order valence-electron chi connectivity index (χ4n) is 2.73. The molecule has 3 nitrogen and oxygen atoms in total. The lowest BCUT2D eigenvalue weighted by molar-refractivity contribution is -0.106. The highest BCUT2D eigenvalue weighted by Gasteiger charge is 2.39. The predicted molar refractivity (Wildman–Crippen MR) is 81.6 cm³/mol. The molecule has 1 saturated heterocycles. The van der Waals surface area contributed by atoms with E-state index in [0.29, 0.717) is 5.41 Å². The van der Waals surface area contributed by atoms with E-state index in [2.05, 4.69) is 41.5 Å². The Bertz CT molecular complexity index is 252. The molecule has 1 rings (SSSR count). The summed E-state index contributed by atoms with van der Waals surface area (Å²) in [5.74, 6) is 0. The minimum Gasteiger partial charge on any atom is -0.392 e. The summed E-state index contributed by atoms with van der Waals surface area (Å²) >= 11 is 0. The zero-order chi connectivity index (χ0) is 14.5. The molecule has 4 heteroatoms. The summed E-state index contributed by atoms with van der Waals surface area (Å²) in [6.45, 7) is 14.8. The molecule has 0 saturated carbocycles. The molecule has 0 N–H and O–H groups in total. The van der Waals surface area contributed by atoms with Gasteiger partial charge in [0.1, 0.15) is 0 Å². The van der Waals surface area contributed by atoms with Crippen LogP contribution < -0.4 is 0 Å². The van der Waals surface area contributed by atoms with Crippen LogP contribution in [-0.2, 0) is 13.6 Å². The van der Waals surface area contributed by atoms with E-state index in [4.69, 9.17) is 13.6 Å². The number of rotatable bonds is 9. The Morgan fingerprint density at radius 1 is 1.11 bits per heavy atom. The van der Waals surface area contributed by atoms with Crippen LogP contribution in [0.25, 0.3) is 0 Å². The maximum Gasteiger partial charge on any atom is 0.338 e. The predicted octanol–water partition coefficient (Wildman–Crippen LogP) is 4.12. The minimum atomic E-state index is -2.02. The minimum absolute atomic E-state index is 0.257. The van der Waals surface area contributed by atoms with Crippen LogP contribution in [-0.4, -0.2) is 34.0 Å². The average molecular weight is 289 g/mol. The molecule has 1 aliphatic rings. The topological polar surface area (TPSA) is 27.7 Å². The third-order valence-corrected chi connectivity index (χ3v) is 7.67. The first kappa shape index (κ1) is 17.1. The standard InChI is InChI=1S/C15H32O3Si/c1-7-19(17-13(2)3,18-14(4)5)10-8-9-15(6)11-16-12-15/h13-14H,7-12H2,1-6H3. The molecule has 1 aliphatic heterocycles. The van der Waals surface area contributed by atoms with Crippen LogP contribution in [0.2, 0.25) is 12.1 Å². The molecular weight excluding hydrogens is 256 g/mol. The van der Waals surface area contributed by atoms with Crippen LogP contribution in [0.5, 0.6) is 0 Å². The summed E-state index contributed by atoms with van der Waals surface area (Å²) in [5, 5.41) is 0. The normalized spacial score (nSPS) is 18.9. The van der Waals surface area contributed by atoms with Gasteiger partial charge in [-0.05, 0) is 46.2 Å². The highest BCUT2D eigenvalue weighted by Crippen LogP contribution is 2.34. The first-order valence-electron chi connectivity index (χ1n) is 7.74. The number of hydrogen-bond acceptors (Lipinski definition) is 3. The molecule has 0 unspecified atom stereocenters. The van der Waals surface area contributed by atoms with Crippen molar-refractivity contribution in [2.75, 3.05) is 13.2 Å². The van der Waals surface area contributed by atoms with Crippen molar-refractivity contribution in [2.45, 2.75) is 78.7 Å². The van der Waals surface area contributed by atoms with Gasteiger partial charge in [0.25, 0.3) is 0 Å². The van der Waals surface area contributed by atoms with Crippen molar-refractivity contribution in [3.05, 3.63) is 0 Å². The van der Waals surface area contributed by atoms with Gasteiger partial charge in [0.2, 0.25) is 0 Å². The fourth-order valence-corrected chi connectivity index (χ4v) is 6.14. The largest absolute Gasteiger partial charge is 0.392 e. The van der Waals surface area contributed by atoms with Crippen molar-refractivity contribution in [2.24, 2.45) is 5.41 Å². The van der Waals surface area contributed by atoms with Crippen molar-refractivity contribution in [1.29, 1.82) is 0 Å². The van der Waals surface area contributed by atoms with E-state index in [1.807, 2.05) is 0 Å². The van der Waals surface area contributed by atoms with E-state index in [0.717, 1.165) is 25.3 Å². The molecule has 0 atom stereocenters. The van der Waals surface area contributed by atoms with E-state index in [9.17, 15) is 0 Å². The number of ether oxygens (including phenoxy) is 1. The van der Waals surface area contributed by atoms with Gasteiger partial charge < -0.3 is 13.6 Å². The molecule has 0 amide bonds. The molecule has 0 aromatic carbocycles. The average Bonchev–Trinajstić information content (AvgIpc) is 2.24. The molecule has 0 aliphatic carbocycles. The van der Waals surface area contributed by atoms with Gasteiger partial charge in [-0.25, -0.2) is 0 Å². The van der Waals surface area contributed by atoms with Gasteiger partial charge in [0, 0.05) is 17.6 Å². The van der Waals surface area contributed by atoms with E-state index < -0.39 is 8.56 Å². The third-order valence-electron chi connectivity index (χ3n) is 3.68. The summed E-state index contributed by atoms with van der Waals surface area (Å²) in [5.41, 5.74) is 0.406. The van der Waals surface area contributed by atoms with E-state index in [1.54, 1.807) is 0 Å².